The van der Waals surface area contributed by atoms with Crippen molar-refractivity contribution in [3.63, 3.8) is 0 Å². The van der Waals surface area contributed by atoms with Crippen LogP contribution in [0.4, 0.5) is 0 Å². The van der Waals surface area contributed by atoms with Crippen LogP contribution in [-0.4, -0.2) is 24.2 Å². The van der Waals surface area contributed by atoms with E-state index in [9.17, 15) is 4.79 Å². The lowest BCUT2D eigenvalue weighted by atomic mass is 10.0. The van der Waals surface area contributed by atoms with Crippen LogP contribution in [0.1, 0.15) is 26.2 Å². The lowest BCUT2D eigenvalue weighted by Gasteiger charge is -2.14. The average molecular weight is 196 g/mol. The lowest BCUT2D eigenvalue weighted by molar-refractivity contribution is -0.123. The standard InChI is InChI=1S/C10H16N2O2/c1-8(6-11)9(14)12-7-10(2-3-10)4-5-13/h8,13H,2-5,7H2,1H3,(H,12,14). The number of aliphatic hydroxyl groups excluding tert-OH is 1. The molecule has 1 aliphatic rings. The maximum atomic E-state index is 11.3. The second-order valence-corrected chi connectivity index (χ2v) is 4.04. The Labute approximate surface area is 83.9 Å². The summed E-state index contributed by atoms with van der Waals surface area (Å²) in [6, 6.07) is 1.89. The maximum absolute atomic E-state index is 11.3. The third kappa shape index (κ3) is 2.71. The van der Waals surface area contributed by atoms with E-state index in [1.165, 1.54) is 0 Å². The minimum absolute atomic E-state index is 0.125. The van der Waals surface area contributed by atoms with Crippen molar-refractivity contribution in [2.24, 2.45) is 11.3 Å². The molecule has 1 atom stereocenters. The minimum atomic E-state index is -0.583. The first-order valence-corrected chi connectivity index (χ1v) is 4.92. The molecule has 1 unspecified atom stereocenters. The van der Waals surface area contributed by atoms with Crippen molar-refractivity contribution in [1.29, 1.82) is 5.26 Å². The molecule has 14 heavy (non-hydrogen) atoms. The Kier molecular flexibility index (Phi) is 3.48. The number of nitriles is 1. The Morgan fingerprint density at radius 3 is 2.79 bits per heavy atom. The zero-order valence-corrected chi connectivity index (χ0v) is 8.42. The van der Waals surface area contributed by atoms with E-state index in [2.05, 4.69) is 5.32 Å². The second-order valence-electron chi connectivity index (χ2n) is 4.04. The lowest BCUT2D eigenvalue weighted by Crippen LogP contribution is -2.34. The van der Waals surface area contributed by atoms with Crippen LogP contribution in [0.15, 0.2) is 0 Å². The quantitative estimate of drug-likeness (QED) is 0.669. The van der Waals surface area contributed by atoms with E-state index in [1.807, 2.05) is 6.07 Å². The summed E-state index contributed by atoms with van der Waals surface area (Å²) >= 11 is 0. The van der Waals surface area contributed by atoms with Crippen LogP contribution in [-0.2, 0) is 4.79 Å². The molecule has 0 aliphatic heterocycles. The van der Waals surface area contributed by atoms with Gasteiger partial charge in [0.15, 0.2) is 0 Å². The van der Waals surface area contributed by atoms with Gasteiger partial charge in [0.1, 0.15) is 5.92 Å². The first-order valence-electron chi connectivity index (χ1n) is 4.92. The topological polar surface area (TPSA) is 73.1 Å². The Bertz CT molecular complexity index is 253. The normalized spacial score (nSPS) is 19.5. The highest BCUT2D eigenvalue weighted by atomic mass is 16.3. The van der Waals surface area contributed by atoms with Gasteiger partial charge in [-0.1, -0.05) is 0 Å². The summed E-state index contributed by atoms with van der Waals surface area (Å²) in [5.41, 5.74) is 0.125. The molecule has 0 aromatic rings. The van der Waals surface area contributed by atoms with E-state index < -0.39 is 5.92 Å². The predicted octanol–water partition coefficient (Wildman–Crippen LogP) is 0.425. The summed E-state index contributed by atoms with van der Waals surface area (Å²) < 4.78 is 0. The monoisotopic (exact) mass is 196 g/mol. The molecule has 0 saturated heterocycles. The number of amides is 1. The predicted molar refractivity (Wildman–Crippen MR) is 51.2 cm³/mol. The molecule has 0 aromatic heterocycles. The van der Waals surface area contributed by atoms with Gasteiger partial charge in [-0.05, 0) is 31.6 Å². The van der Waals surface area contributed by atoms with Crippen molar-refractivity contribution in [2.45, 2.75) is 26.2 Å². The summed E-state index contributed by atoms with van der Waals surface area (Å²) in [6.07, 6.45) is 2.87. The smallest absolute Gasteiger partial charge is 0.237 e. The molecule has 1 rings (SSSR count). The Hall–Kier alpha value is -1.08. The summed E-state index contributed by atoms with van der Waals surface area (Å²) in [5, 5.41) is 20.0. The van der Waals surface area contributed by atoms with E-state index in [0.29, 0.717) is 6.54 Å². The molecular weight excluding hydrogens is 180 g/mol. The van der Waals surface area contributed by atoms with Crippen molar-refractivity contribution in [3.8, 4) is 6.07 Å². The van der Waals surface area contributed by atoms with Crippen LogP contribution in [0.2, 0.25) is 0 Å². The van der Waals surface area contributed by atoms with Gasteiger partial charge in [-0.3, -0.25) is 4.79 Å². The molecule has 2 N–H and O–H groups in total. The maximum Gasteiger partial charge on any atom is 0.237 e. The van der Waals surface area contributed by atoms with Gasteiger partial charge in [-0.25, -0.2) is 0 Å². The molecule has 0 aromatic carbocycles. The van der Waals surface area contributed by atoms with Gasteiger partial charge < -0.3 is 10.4 Å². The molecule has 1 fully saturated rings. The highest BCUT2D eigenvalue weighted by Gasteiger charge is 2.42. The fraction of sp³-hybridized carbons (Fsp3) is 0.800. The molecule has 1 aliphatic carbocycles. The van der Waals surface area contributed by atoms with Gasteiger partial charge in [0, 0.05) is 13.2 Å². The molecule has 78 valence electrons. The number of aliphatic hydroxyl groups is 1. The third-order valence-electron chi connectivity index (χ3n) is 2.82. The first kappa shape index (κ1) is 11.0. The van der Waals surface area contributed by atoms with Crippen molar-refractivity contribution in [2.75, 3.05) is 13.2 Å². The van der Waals surface area contributed by atoms with Gasteiger partial charge >= 0.3 is 0 Å². The Morgan fingerprint density at radius 1 is 1.71 bits per heavy atom. The molecule has 1 amide bonds. The summed E-state index contributed by atoms with van der Waals surface area (Å²) in [7, 11) is 0. The largest absolute Gasteiger partial charge is 0.396 e. The van der Waals surface area contributed by atoms with Gasteiger partial charge in [0.05, 0.1) is 6.07 Å². The summed E-state index contributed by atoms with van der Waals surface area (Å²) in [4.78, 5) is 11.3. The van der Waals surface area contributed by atoms with Crippen molar-refractivity contribution < 1.29 is 9.90 Å². The van der Waals surface area contributed by atoms with Crippen molar-refractivity contribution in [3.05, 3.63) is 0 Å². The highest BCUT2D eigenvalue weighted by Crippen LogP contribution is 2.47. The molecule has 1 saturated carbocycles. The number of hydrogen-bond donors (Lipinski definition) is 2. The van der Waals surface area contributed by atoms with E-state index in [-0.39, 0.29) is 17.9 Å². The zero-order chi connectivity index (χ0) is 10.6. The number of nitrogens with one attached hydrogen (secondary N) is 1. The SMILES string of the molecule is CC(C#N)C(=O)NCC1(CCO)CC1. The van der Waals surface area contributed by atoms with E-state index in [0.717, 1.165) is 19.3 Å². The van der Waals surface area contributed by atoms with Crippen LogP contribution in [0.5, 0.6) is 0 Å². The van der Waals surface area contributed by atoms with Gasteiger partial charge in [0.2, 0.25) is 5.91 Å². The van der Waals surface area contributed by atoms with Crippen LogP contribution < -0.4 is 5.32 Å². The third-order valence-corrected chi connectivity index (χ3v) is 2.82. The molecule has 4 heteroatoms. The van der Waals surface area contributed by atoms with Gasteiger partial charge in [-0.15, -0.1) is 0 Å². The number of rotatable bonds is 5. The fourth-order valence-electron chi connectivity index (χ4n) is 1.42. The number of carbonyl (C=O) groups excluding carboxylic acids is 1. The number of carbonyl (C=O) groups is 1. The Balaban J connectivity index is 2.27. The average Bonchev–Trinajstić information content (AvgIpc) is 2.94. The van der Waals surface area contributed by atoms with Crippen molar-refractivity contribution >= 4 is 5.91 Å². The number of hydrogen-bond acceptors (Lipinski definition) is 3. The van der Waals surface area contributed by atoms with Gasteiger partial charge in [0.25, 0.3) is 0 Å². The second kappa shape index (κ2) is 4.43. The molecule has 0 heterocycles. The fourth-order valence-corrected chi connectivity index (χ4v) is 1.42. The van der Waals surface area contributed by atoms with E-state index >= 15 is 0 Å². The van der Waals surface area contributed by atoms with Crippen molar-refractivity contribution in [1.82, 2.24) is 5.32 Å². The van der Waals surface area contributed by atoms with Crippen LogP contribution in [0, 0.1) is 22.7 Å². The van der Waals surface area contributed by atoms with Gasteiger partial charge in [-0.2, -0.15) is 5.26 Å². The van der Waals surface area contributed by atoms with Crippen LogP contribution >= 0.6 is 0 Å². The first-order chi connectivity index (χ1) is 6.63. The molecule has 4 nitrogen and oxygen atoms in total. The number of nitrogens with zero attached hydrogens (tertiary/aromatic N) is 1. The molecule has 0 spiro atoms. The summed E-state index contributed by atoms with van der Waals surface area (Å²) in [6.45, 7) is 2.35. The zero-order valence-electron chi connectivity index (χ0n) is 8.42. The van der Waals surface area contributed by atoms with E-state index in [1.54, 1.807) is 6.92 Å². The molecule has 0 radical (unpaired) electrons. The summed E-state index contributed by atoms with van der Waals surface area (Å²) in [5.74, 6) is -0.795. The molecule has 0 bridgehead atoms. The molecular formula is C10H16N2O2. The van der Waals surface area contributed by atoms with Crippen LogP contribution in [0.25, 0.3) is 0 Å². The Morgan fingerprint density at radius 2 is 2.36 bits per heavy atom. The highest BCUT2D eigenvalue weighted by molar-refractivity contribution is 5.80. The van der Waals surface area contributed by atoms with Crippen LogP contribution in [0.3, 0.4) is 0 Å². The minimum Gasteiger partial charge on any atom is -0.396 e. The van der Waals surface area contributed by atoms with E-state index in [4.69, 9.17) is 10.4 Å².